The first kappa shape index (κ1) is 15.5. The minimum Gasteiger partial charge on any atom is -0.396 e. The molecule has 0 radical (unpaired) electrons. The molecule has 1 atom stereocenters. The number of aliphatic hydroxyl groups excluding tert-OH is 1. The van der Waals surface area contributed by atoms with Gasteiger partial charge in [-0.15, -0.1) is 0 Å². The van der Waals surface area contributed by atoms with E-state index in [-0.39, 0.29) is 6.61 Å². The van der Waals surface area contributed by atoms with Crippen molar-refractivity contribution in [1.82, 2.24) is 19.6 Å². The summed E-state index contributed by atoms with van der Waals surface area (Å²) in [6, 6.07) is 0.468. The topological polar surface area (TPSA) is 44.5 Å². The lowest BCUT2D eigenvalue weighted by Crippen LogP contribution is -2.51. The van der Waals surface area contributed by atoms with Gasteiger partial charge in [0.2, 0.25) is 0 Å². The first-order valence-corrected chi connectivity index (χ1v) is 7.63. The monoisotopic (exact) mass is 280 g/mol. The van der Waals surface area contributed by atoms with Crippen molar-refractivity contribution in [3.63, 3.8) is 0 Å². The second-order valence-corrected chi connectivity index (χ2v) is 5.85. The zero-order chi connectivity index (χ0) is 14.7. The molecule has 5 heteroatoms. The lowest BCUT2D eigenvalue weighted by molar-refractivity contribution is 0.0741. The van der Waals surface area contributed by atoms with Crippen LogP contribution in [-0.2, 0) is 13.1 Å². The van der Waals surface area contributed by atoms with Gasteiger partial charge in [-0.1, -0.05) is 0 Å². The number of likely N-dealkylation sites (N-methyl/N-ethyl adjacent to an activating group) is 1. The summed E-state index contributed by atoms with van der Waals surface area (Å²) in [6.45, 7) is 11.8. The summed E-state index contributed by atoms with van der Waals surface area (Å²) in [7, 11) is 2.16. The van der Waals surface area contributed by atoms with E-state index in [1.165, 1.54) is 11.3 Å². The van der Waals surface area contributed by atoms with Gasteiger partial charge < -0.3 is 10.0 Å². The highest BCUT2D eigenvalue weighted by Crippen LogP contribution is 2.18. The average Bonchev–Trinajstić information content (AvgIpc) is 2.70. The minimum atomic E-state index is 0.272. The molecule has 1 aromatic heterocycles. The van der Waals surface area contributed by atoms with Crippen LogP contribution in [0.25, 0.3) is 0 Å². The van der Waals surface area contributed by atoms with Gasteiger partial charge in [-0.05, 0) is 34.2 Å². The number of aromatic nitrogens is 2. The van der Waals surface area contributed by atoms with Crippen molar-refractivity contribution in [1.29, 1.82) is 0 Å². The molecule has 0 unspecified atom stereocenters. The van der Waals surface area contributed by atoms with Gasteiger partial charge in [0.25, 0.3) is 0 Å². The molecule has 1 saturated heterocycles. The van der Waals surface area contributed by atoms with Gasteiger partial charge in [-0.25, -0.2) is 0 Å². The van der Waals surface area contributed by atoms with Crippen LogP contribution in [0.1, 0.15) is 30.3 Å². The molecule has 1 N–H and O–H groups in total. The Morgan fingerprint density at radius 1 is 1.30 bits per heavy atom. The lowest BCUT2D eigenvalue weighted by Gasteiger charge is -2.39. The van der Waals surface area contributed by atoms with Crippen molar-refractivity contribution in [3.8, 4) is 0 Å². The third-order valence-corrected chi connectivity index (χ3v) is 4.54. The fraction of sp³-hybridized carbons (Fsp3) is 0.800. The van der Waals surface area contributed by atoms with Crippen LogP contribution in [-0.4, -0.2) is 64.0 Å². The third kappa shape index (κ3) is 3.22. The second kappa shape index (κ2) is 6.70. The molecule has 0 bridgehead atoms. The summed E-state index contributed by atoms with van der Waals surface area (Å²) >= 11 is 0. The zero-order valence-corrected chi connectivity index (χ0v) is 13.3. The molecular weight excluding hydrogens is 252 g/mol. The standard InChI is InChI=1S/C15H28N4O/c1-5-19-13(3)15(12(2)16-19)11-18-8-7-17(4)14(10-18)6-9-20/h14,20H,5-11H2,1-4H3/t14-/m0/s1. The Morgan fingerprint density at radius 3 is 2.65 bits per heavy atom. The Morgan fingerprint density at radius 2 is 2.05 bits per heavy atom. The Kier molecular flexibility index (Phi) is 5.18. The highest BCUT2D eigenvalue weighted by Gasteiger charge is 2.25. The van der Waals surface area contributed by atoms with E-state index in [1.807, 2.05) is 0 Å². The van der Waals surface area contributed by atoms with Crippen molar-refractivity contribution in [3.05, 3.63) is 17.0 Å². The maximum atomic E-state index is 9.18. The molecule has 0 aliphatic carbocycles. The predicted molar refractivity (Wildman–Crippen MR) is 80.8 cm³/mol. The van der Waals surface area contributed by atoms with Crippen molar-refractivity contribution in [2.45, 2.75) is 46.3 Å². The van der Waals surface area contributed by atoms with Crippen LogP contribution in [0.4, 0.5) is 0 Å². The summed E-state index contributed by atoms with van der Waals surface area (Å²) < 4.78 is 2.09. The van der Waals surface area contributed by atoms with Gasteiger partial charge in [0.15, 0.2) is 0 Å². The first-order valence-electron chi connectivity index (χ1n) is 7.63. The SMILES string of the molecule is CCn1nc(C)c(CN2CCN(C)[C@@H](CCO)C2)c1C. The highest BCUT2D eigenvalue weighted by atomic mass is 16.3. The molecule has 2 rings (SSSR count). The summed E-state index contributed by atoms with van der Waals surface area (Å²) in [5, 5.41) is 13.8. The maximum absolute atomic E-state index is 9.18. The Hall–Kier alpha value is -0.910. The van der Waals surface area contributed by atoms with Gasteiger partial charge in [0.1, 0.15) is 0 Å². The number of hydrogen-bond acceptors (Lipinski definition) is 4. The van der Waals surface area contributed by atoms with E-state index in [2.05, 4.69) is 47.4 Å². The fourth-order valence-electron chi connectivity index (χ4n) is 3.11. The quantitative estimate of drug-likeness (QED) is 0.874. The molecule has 0 saturated carbocycles. The predicted octanol–water partition coefficient (Wildman–Crippen LogP) is 1.02. The van der Waals surface area contributed by atoms with Gasteiger partial charge >= 0.3 is 0 Å². The molecule has 5 nitrogen and oxygen atoms in total. The van der Waals surface area contributed by atoms with Gasteiger partial charge in [0, 0.05) is 56.6 Å². The van der Waals surface area contributed by atoms with Crippen LogP contribution < -0.4 is 0 Å². The third-order valence-electron chi connectivity index (χ3n) is 4.54. The molecule has 1 aromatic rings. The summed E-state index contributed by atoms with van der Waals surface area (Å²) in [5.41, 5.74) is 3.82. The van der Waals surface area contributed by atoms with E-state index in [0.717, 1.165) is 44.8 Å². The molecule has 1 aliphatic rings. The summed E-state index contributed by atoms with van der Waals surface area (Å²) in [4.78, 5) is 4.86. The molecule has 2 heterocycles. The maximum Gasteiger partial charge on any atom is 0.0641 e. The number of aliphatic hydroxyl groups is 1. The molecular formula is C15H28N4O. The van der Waals surface area contributed by atoms with E-state index in [0.29, 0.717) is 6.04 Å². The number of nitrogens with zero attached hydrogens (tertiary/aromatic N) is 4. The number of aryl methyl sites for hydroxylation is 2. The molecule has 114 valence electrons. The van der Waals surface area contributed by atoms with Crippen molar-refractivity contribution < 1.29 is 5.11 Å². The van der Waals surface area contributed by atoms with E-state index in [1.54, 1.807) is 0 Å². The zero-order valence-electron chi connectivity index (χ0n) is 13.3. The van der Waals surface area contributed by atoms with E-state index < -0.39 is 0 Å². The van der Waals surface area contributed by atoms with Gasteiger partial charge in [-0.2, -0.15) is 5.10 Å². The molecule has 20 heavy (non-hydrogen) atoms. The Labute approximate surface area is 122 Å². The highest BCUT2D eigenvalue weighted by molar-refractivity contribution is 5.24. The molecule has 1 aliphatic heterocycles. The van der Waals surface area contributed by atoms with Crippen LogP contribution >= 0.6 is 0 Å². The fourth-order valence-corrected chi connectivity index (χ4v) is 3.11. The van der Waals surface area contributed by atoms with Crippen LogP contribution in [0.3, 0.4) is 0 Å². The smallest absolute Gasteiger partial charge is 0.0641 e. The second-order valence-electron chi connectivity index (χ2n) is 5.85. The molecule has 0 aromatic carbocycles. The minimum absolute atomic E-state index is 0.272. The molecule has 0 amide bonds. The normalized spacial score (nSPS) is 21.6. The van der Waals surface area contributed by atoms with Crippen molar-refractivity contribution in [2.75, 3.05) is 33.3 Å². The average molecular weight is 280 g/mol. The molecule has 0 spiro atoms. The Bertz CT molecular complexity index is 443. The van der Waals surface area contributed by atoms with E-state index in [4.69, 9.17) is 0 Å². The largest absolute Gasteiger partial charge is 0.396 e. The van der Waals surface area contributed by atoms with Crippen molar-refractivity contribution in [2.24, 2.45) is 0 Å². The number of hydrogen-bond donors (Lipinski definition) is 1. The van der Waals surface area contributed by atoms with Crippen LogP contribution in [0.2, 0.25) is 0 Å². The van der Waals surface area contributed by atoms with Crippen molar-refractivity contribution >= 4 is 0 Å². The molecule has 1 fully saturated rings. The van der Waals surface area contributed by atoms with Crippen LogP contribution in [0, 0.1) is 13.8 Å². The Balaban J connectivity index is 2.05. The van der Waals surface area contributed by atoms with Crippen LogP contribution in [0.5, 0.6) is 0 Å². The van der Waals surface area contributed by atoms with Crippen LogP contribution in [0.15, 0.2) is 0 Å². The summed E-state index contributed by atoms with van der Waals surface area (Å²) in [6.07, 6.45) is 0.860. The number of piperazine rings is 1. The van der Waals surface area contributed by atoms with E-state index in [9.17, 15) is 5.11 Å². The first-order chi connectivity index (χ1) is 9.56. The van der Waals surface area contributed by atoms with Gasteiger partial charge in [-0.3, -0.25) is 9.58 Å². The van der Waals surface area contributed by atoms with Gasteiger partial charge in [0.05, 0.1) is 5.69 Å². The summed E-state index contributed by atoms with van der Waals surface area (Å²) in [5.74, 6) is 0. The van der Waals surface area contributed by atoms with E-state index >= 15 is 0 Å². The lowest BCUT2D eigenvalue weighted by atomic mass is 10.1. The number of rotatable bonds is 5.